The minimum absolute atomic E-state index is 0.0689. The molecule has 0 amide bonds. The van der Waals surface area contributed by atoms with Gasteiger partial charge in [0.25, 0.3) is 0 Å². The van der Waals surface area contributed by atoms with Gasteiger partial charge >= 0.3 is 0 Å². The fourth-order valence-corrected chi connectivity index (χ4v) is 1.16. The summed E-state index contributed by atoms with van der Waals surface area (Å²) in [4.78, 5) is 3.32. The van der Waals surface area contributed by atoms with Gasteiger partial charge in [-0.1, -0.05) is 24.3 Å². The molecule has 1 aromatic carbocycles. The Bertz CT molecular complexity index is 330. The van der Waals surface area contributed by atoms with E-state index in [0.717, 1.165) is 12.2 Å². The zero-order valence-electron chi connectivity index (χ0n) is 6.87. The van der Waals surface area contributed by atoms with Crippen molar-refractivity contribution in [2.75, 3.05) is 6.61 Å². The maximum absolute atomic E-state index is 6.78. The fourth-order valence-electron chi connectivity index (χ4n) is 1.16. The van der Waals surface area contributed by atoms with Crippen molar-refractivity contribution in [3.8, 4) is 0 Å². The molecular formula is C10H9NO. The highest BCUT2D eigenvalue weighted by Crippen LogP contribution is 2.38. The van der Waals surface area contributed by atoms with E-state index in [4.69, 9.17) is 11.3 Å². The van der Waals surface area contributed by atoms with Crippen LogP contribution in [0.15, 0.2) is 24.3 Å². The van der Waals surface area contributed by atoms with Crippen molar-refractivity contribution in [1.29, 1.82) is 0 Å². The average Bonchev–Trinajstić information content (AvgIpc) is 2.85. The van der Waals surface area contributed by atoms with Crippen LogP contribution in [0.2, 0.25) is 0 Å². The molecule has 2 nitrogen and oxygen atoms in total. The SMILES string of the molecule is [C-]#[N+]c1ccc([C@@]2(C)CO2)cc1. The molecule has 2 heteroatoms. The van der Waals surface area contributed by atoms with Crippen molar-refractivity contribution >= 4 is 5.69 Å². The van der Waals surface area contributed by atoms with E-state index in [2.05, 4.69) is 11.8 Å². The number of hydrogen-bond acceptors (Lipinski definition) is 1. The number of nitrogens with zero attached hydrogens (tertiary/aromatic N) is 1. The smallest absolute Gasteiger partial charge is 0.187 e. The number of epoxide rings is 1. The summed E-state index contributed by atoms with van der Waals surface area (Å²) in [6, 6.07) is 7.57. The third-order valence-corrected chi connectivity index (χ3v) is 2.18. The van der Waals surface area contributed by atoms with Gasteiger partial charge in [0.15, 0.2) is 5.69 Å². The first-order valence-electron chi connectivity index (χ1n) is 3.86. The van der Waals surface area contributed by atoms with Gasteiger partial charge in [-0.3, -0.25) is 0 Å². The average molecular weight is 159 g/mol. The number of ether oxygens (including phenoxy) is 1. The van der Waals surface area contributed by atoms with Gasteiger partial charge in [0.05, 0.1) is 13.2 Å². The first-order valence-corrected chi connectivity index (χ1v) is 3.86. The Kier molecular flexibility index (Phi) is 1.42. The normalized spacial score (nSPS) is 26.3. The molecule has 0 aliphatic carbocycles. The lowest BCUT2D eigenvalue weighted by Crippen LogP contribution is -2.00. The largest absolute Gasteiger partial charge is 0.365 e. The summed E-state index contributed by atoms with van der Waals surface area (Å²) >= 11 is 0. The number of hydrogen-bond donors (Lipinski definition) is 0. The molecule has 1 fully saturated rings. The van der Waals surface area contributed by atoms with Crippen molar-refractivity contribution < 1.29 is 4.74 Å². The van der Waals surface area contributed by atoms with Crippen molar-refractivity contribution in [1.82, 2.24) is 0 Å². The monoisotopic (exact) mass is 159 g/mol. The third kappa shape index (κ3) is 1.09. The second-order valence-electron chi connectivity index (χ2n) is 3.18. The standard InChI is InChI=1S/C10H9NO/c1-10(7-12-10)8-3-5-9(11-2)6-4-8/h3-6H,7H2,1H3/t10-/m1/s1. The van der Waals surface area contributed by atoms with Crippen LogP contribution in [0.4, 0.5) is 5.69 Å². The van der Waals surface area contributed by atoms with Gasteiger partial charge in [0, 0.05) is 0 Å². The first kappa shape index (κ1) is 7.33. The van der Waals surface area contributed by atoms with Crippen LogP contribution in [0.25, 0.3) is 4.85 Å². The van der Waals surface area contributed by atoms with E-state index in [1.54, 1.807) is 0 Å². The molecule has 2 rings (SSSR count). The van der Waals surface area contributed by atoms with Crippen LogP contribution >= 0.6 is 0 Å². The second kappa shape index (κ2) is 2.33. The minimum Gasteiger partial charge on any atom is -0.365 e. The van der Waals surface area contributed by atoms with Crippen molar-refractivity contribution in [2.24, 2.45) is 0 Å². The molecule has 0 bridgehead atoms. The predicted molar refractivity (Wildman–Crippen MR) is 46.0 cm³/mol. The van der Waals surface area contributed by atoms with E-state index in [-0.39, 0.29) is 5.60 Å². The molecule has 0 unspecified atom stereocenters. The molecule has 0 aromatic heterocycles. The lowest BCUT2D eigenvalue weighted by Gasteiger charge is -2.03. The van der Waals surface area contributed by atoms with Crippen molar-refractivity contribution in [3.05, 3.63) is 41.2 Å². The predicted octanol–water partition coefficient (Wildman–Crippen LogP) is 2.48. The minimum atomic E-state index is -0.0689. The van der Waals surface area contributed by atoms with Crippen molar-refractivity contribution in [3.63, 3.8) is 0 Å². The molecule has 1 atom stereocenters. The Morgan fingerprint density at radius 3 is 2.42 bits per heavy atom. The highest BCUT2D eigenvalue weighted by atomic mass is 16.6. The molecule has 1 aromatic rings. The zero-order chi connectivity index (χ0) is 8.60. The molecule has 1 saturated heterocycles. The van der Waals surface area contributed by atoms with Gasteiger partial charge in [0.2, 0.25) is 0 Å². The Morgan fingerprint density at radius 1 is 1.42 bits per heavy atom. The van der Waals surface area contributed by atoms with Gasteiger partial charge in [-0.15, -0.1) is 0 Å². The van der Waals surface area contributed by atoms with Crippen LogP contribution in [-0.4, -0.2) is 6.61 Å². The van der Waals surface area contributed by atoms with Gasteiger partial charge in [-0.2, -0.15) is 0 Å². The highest BCUT2D eigenvalue weighted by molar-refractivity contribution is 5.46. The van der Waals surface area contributed by atoms with Crippen LogP contribution < -0.4 is 0 Å². The fraction of sp³-hybridized carbons (Fsp3) is 0.300. The summed E-state index contributed by atoms with van der Waals surface area (Å²) in [5.74, 6) is 0. The summed E-state index contributed by atoms with van der Waals surface area (Å²) in [5.41, 5.74) is 1.78. The first-order chi connectivity index (χ1) is 5.74. The maximum Gasteiger partial charge on any atom is 0.187 e. The van der Waals surface area contributed by atoms with Crippen LogP contribution in [-0.2, 0) is 10.3 Å². The van der Waals surface area contributed by atoms with Crippen LogP contribution in [0.5, 0.6) is 0 Å². The molecule has 1 heterocycles. The molecule has 0 spiro atoms. The van der Waals surface area contributed by atoms with Crippen LogP contribution in [0.3, 0.4) is 0 Å². The molecule has 60 valence electrons. The van der Waals surface area contributed by atoms with Crippen molar-refractivity contribution in [2.45, 2.75) is 12.5 Å². The molecular weight excluding hydrogens is 150 g/mol. The summed E-state index contributed by atoms with van der Waals surface area (Å²) in [5, 5.41) is 0. The lowest BCUT2D eigenvalue weighted by atomic mass is 10.0. The van der Waals surface area contributed by atoms with E-state index in [0.29, 0.717) is 5.69 Å². The van der Waals surface area contributed by atoms with Gasteiger partial charge in [-0.05, 0) is 12.5 Å². The molecule has 12 heavy (non-hydrogen) atoms. The van der Waals surface area contributed by atoms with E-state index in [9.17, 15) is 0 Å². The molecule has 0 saturated carbocycles. The number of benzene rings is 1. The van der Waals surface area contributed by atoms with E-state index >= 15 is 0 Å². The van der Waals surface area contributed by atoms with E-state index < -0.39 is 0 Å². The Morgan fingerprint density at radius 2 is 2.00 bits per heavy atom. The summed E-state index contributed by atoms with van der Waals surface area (Å²) in [6.45, 7) is 9.63. The maximum atomic E-state index is 6.78. The summed E-state index contributed by atoms with van der Waals surface area (Å²) in [7, 11) is 0. The quantitative estimate of drug-likeness (QED) is 0.454. The topological polar surface area (TPSA) is 16.9 Å². The molecule has 1 aliphatic heterocycles. The lowest BCUT2D eigenvalue weighted by molar-refractivity contribution is 0.329. The van der Waals surface area contributed by atoms with E-state index in [1.807, 2.05) is 24.3 Å². The van der Waals surface area contributed by atoms with Crippen LogP contribution in [0, 0.1) is 6.57 Å². The summed E-state index contributed by atoms with van der Waals surface area (Å²) < 4.78 is 5.28. The molecule has 0 N–H and O–H groups in total. The molecule has 0 radical (unpaired) electrons. The Labute approximate surface area is 71.6 Å². The van der Waals surface area contributed by atoms with Crippen LogP contribution in [0.1, 0.15) is 12.5 Å². The van der Waals surface area contributed by atoms with Gasteiger partial charge in [-0.25, -0.2) is 4.85 Å². The Hall–Kier alpha value is -1.33. The van der Waals surface area contributed by atoms with Gasteiger partial charge in [0.1, 0.15) is 5.60 Å². The second-order valence-corrected chi connectivity index (χ2v) is 3.18. The number of rotatable bonds is 1. The highest BCUT2D eigenvalue weighted by Gasteiger charge is 2.40. The Balaban J connectivity index is 2.32. The molecule has 1 aliphatic rings. The van der Waals surface area contributed by atoms with Gasteiger partial charge < -0.3 is 4.74 Å². The van der Waals surface area contributed by atoms with E-state index in [1.165, 1.54) is 0 Å². The zero-order valence-corrected chi connectivity index (χ0v) is 6.87. The third-order valence-electron chi connectivity index (χ3n) is 2.18. The summed E-state index contributed by atoms with van der Waals surface area (Å²) in [6.07, 6.45) is 0.